The average Bonchev–Trinajstić information content (AvgIpc) is 2.69. The third-order valence-corrected chi connectivity index (χ3v) is 4.69. The summed E-state index contributed by atoms with van der Waals surface area (Å²) in [7, 11) is 3.10. The van der Waals surface area contributed by atoms with E-state index in [9.17, 15) is 9.59 Å². The fraction of sp³-hybridized carbons (Fsp3) is 0.400. The van der Waals surface area contributed by atoms with Crippen LogP contribution in [0.25, 0.3) is 0 Å². The van der Waals surface area contributed by atoms with Crippen LogP contribution in [-0.4, -0.2) is 47.9 Å². The van der Waals surface area contributed by atoms with E-state index in [2.05, 4.69) is 15.3 Å². The van der Waals surface area contributed by atoms with Gasteiger partial charge in [-0.25, -0.2) is 9.97 Å². The zero-order chi connectivity index (χ0) is 21.4. The minimum absolute atomic E-state index is 0.0240. The lowest BCUT2D eigenvalue weighted by Gasteiger charge is -2.14. The lowest BCUT2D eigenvalue weighted by atomic mass is 10.2. The van der Waals surface area contributed by atoms with Crippen LogP contribution < -0.4 is 14.8 Å². The molecular formula is C20H25N3O5S. The number of aryl methyl sites for hydroxylation is 2. The number of nitrogens with one attached hydrogen (secondary N) is 1. The SMILES string of the molecule is COc1ccc(CNC(=O)[C@@H](C)OC(=O)CSc2nc(C)cc(C)n2)cc1OC. The Labute approximate surface area is 174 Å². The molecule has 0 saturated heterocycles. The summed E-state index contributed by atoms with van der Waals surface area (Å²) in [5, 5.41) is 3.24. The van der Waals surface area contributed by atoms with Gasteiger partial charge in [-0.15, -0.1) is 0 Å². The van der Waals surface area contributed by atoms with Gasteiger partial charge in [0.2, 0.25) is 0 Å². The second-order valence-corrected chi connectivity index (χ2v) is 7.20. The van der Waals surface area contributed by atoms with Crippen LogP contribution in [0.2, 0.25) is 0 Å². The van der Waals surface area contributed by atoms with Crippen molar-refractivity contribution in [3.63, 3.8) is 0 Å². The van der Waals surface area contributed by atoms with Gasteiger partial charge in [0, 0.05) is 17.9 Å². The van der Waals surface area contributed by atoms with Gasteiger partial charge < -0.3 is 19.5 Å². The Kier molecular flexibility index (Phi) is 8.26. The van der Waals surface area contributed by atoms with Crippen molar-refractivity contribution in [2.24, 2.45) is 0 Å². The number of aromatic nitrogens is 2. The molecule has 0 aliphatic carbocycles. The highest BCUT2D eigenvalue weighted by atomic mass is 32.2. The van der Waals surface area contributed by atoms with Crippen LogP contribution in [0.15, 0.2) is 29.4 Å². The minimum atomic E-state index is -0.914. The molecule has 1 N–H and O–H groups in total. The van der Waals surface area contributed by atoms with E-state index >= 15 is 0 Å². The van der Waals surface area contributed by atoms with Crippen molar-refractivity contribution in [2.75, 3.05) is 20.0 Å². The molecular weight excluding hydrogens is 394 g/mol. The molecule has 0 radical (unpaired) electrons. The second kappa shape index (κ2) is 10.7. The summed E-state index contributed by atoms with van der Waals surface area (Å²) in [6, 6.07) is 7.21. The zero-order valence-electron chi connectivity index (χ0n) is 17.1. The monoisotopic (exact) mass is 419 g/mol. The van der Waals surface area contributed by atoms with Crippen molar-refractivity contribution >= 4 is 23.6 Å². The summed E-state index contributed by atoms with van der Waals surface area (Å²) >= 11 is 1.17. The predicted octanol–water partition coefficient (Wildman–Crippen LogP) is 2.45. The fourth-order valence-corrected chi connectivity index (χ4v) is 3.22. The predicted molar refractivity (Wildman–Crippen MR) is 109 cm³/mol. The third-order valence-electron chi connectivity index (χ3n) is 3.87. The lowest BCUT2D eigenvalue weighted by Crippen LogP contribution is -2.35. The Morgan fingerprint density at radius 2 is 1.72 bits per heavy atom. The number of nitrogens with zero attached hydrogens (tertiary/aromatic N) is 2. The summed E-state index contributed by atoms with van der Waals surface area (Å²) in [6.07, 6.45) is -0.914. The van der Waals surface area contributed by atoms with Gasteiger partial charge in [0.1, 0.15) is 0 Å². The van der Waals surface area contributed by atoms with E-state index in [1.807, 2.05) is 26.0 Å². The molecule has 156 valence electrons. The lowest BCUT2D eigenvalue weighted by molar-refractivity contribution is -0.152. The molecule has 8 nitrogen and oxygen atoms in total. The standard InChI is InChI=1S/C20H25N3O5S/c1-12-8-13(2)23-20(22-12)29-11-18(24)28-14(3)19(25)21-10-15-6-7-16(26-4)17(9-15)27-5/h6-9,14H,10-11H2,1-5H3,(H,21,25)/t14-/m1/s1. The van der Waals surface area contributed by atoms with E-state index in [4.69, 9.17) is 14.2 Å². The maximum atomic E-state index is 12.2. The van der Waals surface area contributed by atoms with Gasteiger partial charge in [-0.2, -0.15) is 0 Å². The summed E-state index contributed by atoms with van der Waals surface area (Å²) in [5.41, 5.74) is 2.49. The quantitative estimate of drug-likeness (QED) is 0.376. The maximum absolute atomic E-state index is 12.2. The Morgan fingerprint density at radius 1 is 1.07 bits per heavy atom. The molecule has 0 aliphatic heterocycles. The van der Waals surface area contributed by atoms with E-state index in [1.165, 1.54) is 18.7 Å². The first kappa shape index (κ1) is 22.5. The first-order valence-corrected chi connectivity index (χ1v) is 9.94. The van der Waals surface area contributed by atoms with E-state index in [-0.39, 0.29) is 18.2 Å². The molecule has 1 atom stereocenters. The molecule has 0 bridgehead atoms. The first-order chi connectivity index (χ1) is 13.8. The fourth-order valence-electron chi connectivity index (χ4n) is 2.49. The highest BCUT2D eigenvalue weighted by Gasteiger charge is 2.18. The Morgan fingerprint density at radius 3 is 2.34 bits per heavy atom. The molecule has 0 aliphatic rings. The zero-order valence-corrected chi connectivity index (χ0v) is 18.0. The molecule has 0 saturated carbocycles. The molecule has 0 fully saturated rings. The van der Waals surface area contributed by atoms with Gasteiger partial charge in [-0.05, 0) is 44.5 Å². The molecule has 29 heavy (non-hydrogen) atoms. The largest absolute Gasteiger partial charge is 0.493 e. The van der Waals surface area contributed by atoms with Crippen LogP contribution in [-0.2, 0) is 20.9 Å². The summed E-state index contributed by atoms with van der Waals surface area (Å²) in [4.78, 5) is 32.7. The van der Waals surface area contributed by atoms with E-state index < -0.39 is 12.1 Å². The number of ether oxygens (including phenoxy) is 3. The number of carbonyl (C=O) groups is 2. The summed E-state index contributed by atoms with van der Waals surface area (Å²) < 4.78 is 15.6. The van der Waals surface area contributed by atoms with Gasteiger partial charge in [0.05, 0.1) is 20.0 Å². The van der Waals surface area contributed by atoms with Crippen molar-refractivity contribution in [3.8, 4) is 11.5 Å². The molecule has 1 aromatic carbocycles. The highest BCUT2D eigenvalue weighted by Crippen LogP contribution is 2.27. The summed E-state index contributed by atoms with van der Waals surface area (Å²) in [6.45, 7) is 5.52. The number of esters is 1. The first-order valence-electron chi connectivity index (χ1n) is 8.95. The number of rotatable bonds is 9. The number of methoxy groups -OCH3 is 2. The average molecular weight is 420 g/mol. The molecule has 1 aromatic heterocycles. The maximum Gasteiger partial charge on any atom is 0.317 e. The van der Waals surface area contributed by atoms with Gasteiger partial charge in [0.15, 0.2) is 22.8 Å². The van der Waals surface area contributed by atoms with Gasteiger partial charge in [-0.1, -0.05) is 17.8 Å². The molecule has 1 amide bonds. The van der Waals surface area contributed by atoms with Crippen LogP contribution >= 0.6 is 11.8 Å². The molecule has 2 rings (SSSR count). The van der Waals surface area contributed by atoms with Crippen LogP contribution in [0.4, 0.5) is 0 Å². The third kappa shape index (κ3) is 6.94. The smallest absolute Gasteiger partial charge is 0.317 e. The van der Waals surface area contributed by atoms with E-state index in [1.54, 1.807) is 26.4 Å². The molecule has 0 spiro atoms. The van der Waals surface area contributed by atoms with Gasteiger partial charge in [-0.3, -0.25) is 9.59 Å². The van der Waals surface area contributed by atoms with Crippen molar-refractivity contribution in [3.05, 3.63) is 41.2 Å². The van der Waals surface area contributed by atoms with Crippen molar-refractivity contribution < 1.29 is 23.8 Å². The van der Waals surface area contributed by atoms with Crippen LogP contribution in [0.3, 0.4) is 0 Å². The Hall–Kier alpha value is -2.81. The topological polar surface area (TPSA) is 99.6 Å². The van der Waals surface area contributed by atoms with Crippen LogP contribution in [0, 0.1) is 13.8 Å². The Balaban J connectivity index is 1.81. The second-order valence-electron chi connectivity index (χ2n) is 6.26. The molecule has 9 heteroatoms. The number of thioether (sulfide) groups is 1. The van der Waals surface area contributed by atoms with Gasteiger partial charge >= 0.3 is 5.97 Å². The van der Waals surface area contributed by atoms with Crippen molar-refractivity contribution in [1.29, 1.82) is 0 Å². The van der Waals surface area contributed by atoms with Crippen molar-refractivity contribution in [2.45, 2.75) is 38.6 Å². The molecule has 2 aromatic rings. The van der Waals surface area contributed by atoms with Crippen LogP contribution in [0.1, 0.15) is 23.9 Å². The Bertz CT molecular complexity index is 855. The molecule has 1 heterocycles. The number of benzene rings is 1. The number of amides is 1. The number of hydrogen-bond donors (Lipinski definition) is 1. The van der Waals surface area contributed by atoms with Crippen LogP contribution in [0.5, 0.6) is 11.5 Å². The van der Waals surface area contributed by atoms with Crippen molar-refractivity contribution in [1.82, 2.24) is 15.3 Å². The number of carbonyl (C=O) groups excluding carboxylic acids is 2. The normalized spacial score (nSPS) is 11.5. The minimum Gasteiger partial charge on any atom is -0.493 e. The number of hydrogen-bond acceptors (Lipinski definition) is 8. The molecule has 0 unspecified atom stereocenters. The van der Waals surface area contributed by atoms with E-state index in [0.717, 1.165) is 17.0 Å². The summed E-state index contributed by atoms with van der Waals surface area (Å²) in [5.74, 6) is 0.308. The van der Waals surface area contributed by atoms with Gasteiger partial charge in [0.25, 0.3) is 5.91 Å². The highest BCUT2D eigenvalue weighted by molar-refractivity contribution is 7.99. The van der Waals surface area contributed by atoms with E-state index in [0.29, 0.717) is 16.7 Å².